The molecule has 5 heteroatoms. The maximum absolute atomic E-state index is 13.3. The van der Waals surface area contributed by atoms with Crippen molar-refractivity contribution in [2.75, 3.05) is 6.54 Å². The van der Waals surface area contributed by atoms with Crippen LogP contribution in [0, 0.1) is 18.7 Å². The van der Waals surface area contributed by atoms with Crippen LogP contribution in [0.3, 0.4) is 0 Å². The van der Waals surface area contributed by atoms with Gasteiger partial charge in [-0.15, -0.1) is 0 Å². The Morgan fingerprint density at radius 1 is 1.20 bits per heavy atom. The van der Waals surface area contributed by atoms with Crippen LogP contribution in [0.1, 0.15) is 23.1 Å². The smallest absolute Gasteiger partial charge is 0.225 e. The lowest BCUT2D eigenvalue weighted by atomic mass is 10.1. The van der Waals surface area contributed by atoms with Gasteiger partial charge in [0.25, 0.3) is 0 Å². The van der Waals surface area contributed by atoms with Gasteiger partial charge < -0.3 is 10.2 Å². The number of benzene rings is 2. The van der Waals surface area contributed by atoms with Crippen molar-refractivity contribution in [1.29, 1.82) is 0 Å². The Labute approximate surface area is 146 Å². The number of halogens is 1. The van der Waals surface area contributed by atoms with Gasteiger partial charge in [0.2, 0.25) is 11.8 Å². The molecule has 130 valence electrons. The third kappa shape index (κ3) is 4.24. The maximum atomic E-state index is 13.3. The molecule has 1 atom stereocenters. The Bertz CT molecular complexity index is 777. The van der Waals surface area contributed by atoms with E-state index in [2.05, 4.69) is 5.32 Å². The Hall–Kier alpha value is -2.69. The van der Waals surface area contributed by atoms with Crippen molar-refractivity contribution >= 4 is 11.8 Å². The van der Waals surface area contributed by atoms with Crippen LogP contribution < -0.4 is 5.32 Å². The number of hydrogen-bond acceptors (Lipinski definition) is 2. The molecule has 1 saturated heterocycles. The van der Waals surface area contributed by atoms with Gasteiger partial charge >= 0.3 is 0 Å². The molecular weight excluding hydrogens is 319 g/mol. The second-order valence-corrected chi connectivity index (χ2v) is 6.46. The van der Waals surface area contributed by atoms with Crippen LogP contribution in [0.2, 0.25) is 0 Å². The molecule has 1 heterocycles. The van der Waals surface area contributed by atoms with E-state index >= 15 is 0 Å². The second-order valence-electron chi connectivity index (χ2n) is 6.46. The van der Waals surface area contributed by atoms with Gasteiger partial charge in [0.15, 0.2) is 0 Å². The van der Waals surface area contributed by atoms with Crippen LogP contribution in [-0.2, 0) is 22.7 Å². The molecule has 0 unspecified atom stereocenters. The lowest BCUT2D eigenvalue weighted by Gasteiger charge is -2.16. The third-order valence-corrected chi connectivity index (χ3v) is 4.49. The van der Waals surface area contributed by atoms with Crippen LogP contribution >= 0.6 is 0 Å². The van der Waals surface area contributed by atoms with Crippen molar-refractivity contribution in [3.05, 3.63) is 71.0 Å². The van der Waals surface area contributed by atoms with E-state index in [-0.39, 0.29) is 30.0 Å². The summed E-state index contributed by atoms with van der Waals surface area (Å²) in [6.45, 7) is 2.99. The molecule has 2 aromatic carbocycles. The molecule has 0 bridgehead atoms. The minimum Gasteiger partial charge on any atom is -0.352 e. The molecule has 3 rings (SSSR count). The summed E-state index contributed by atoms with van der Waals surface area (Å²) >= 11 is 0. The molecule has 0 aliphatic carbocycles. The molecular formula is C20H21FN2O2. The van der Waals surface area contributed by atoms with E-state index < -0.39 is 0 Å². The Morgan fingerprint density at radius 2 is 1.96 bits per heavy atom. The molecule has 1 N–H and O–H groups in total. The fraction of sp³-hybridized carbons (Fsp3) is 0.300. The molecule has 0 aromatic heterocycles. The summed E-state index contributed by atoms with van der Waals surface area (Å²) in [5.41, 5.74) is 2.45. The monoisotopic (exact) mass is 340 g/mol. The van der Waals surface area contributed by atoms with Crippen molar-refractivity contribution in [1.82, 2.24) is 10.2 Å². The van der Waals surface area contributed by atoms with Gasteiger partial charge in [0.1, 0.15) is 5.82 Å². The van der Waals surface area contributed by atoms with Gasteiger partial charge in [0, 0.05) is 26.1 Å². The van der Waals surface area contributed by atoms with Crippen LogP contribution in [0.4, 0.5) is 4.39 Å². The van der Waals surface area contributed by atoms with Crippen LogP contribution in [-0.4, -0.2) is 23.3 Å². The summed E-state index contributed by atoms with van der Waals surface area (Å²) in [5.74, 6) is -0.724. The summed E-state index contributed by atoms with van der Waals surface area (Å²) in [6, 6.07) is 14.5. The molecule has 1 aliphatic rings. The first-order chi connectivity index (χ1) is 12.0. The predicted octanol–water partition coefficient (Wildman–Crippen LogP) is 2.80. The van der Waals surface area contributed by atoms with Crippen molar-refractivity contribution in [3.8, 4) is 0 Å². The number of rotatable bonds is 5. The summed E-state index contributed by atoms with van der Waals surface area (Å²) in [6.07, 6.45) is 0.237. The van der Waals surface area contributed by atoms with Crippen molar-refractivity contribution in [2.45, 2.75) is 26.4 Å². The number of hydrogen-bond donors (Lipinski definition) is 1. The zero-order valence-electron chi connectivity index (χ0n) is 14.2. The van der Waals surface area contributed by atoms with Gasteiger partial charge in [-0.25, -0.2) is 4.39 Å². The highest BCUT2D eigenvalue weighted by atomic mass is 19.1. The number of carbonyl (C=O) groups excluding carboxylic acids is 2. The summed E-state index contributed by atoms with van der Waals surface area (Å²) in [7, 11) is 0. The van der Waals surface area contributed by atoms with Gasteiger partial charge in [0.05, 0.1) is 5.92 Å². The van der Waals surface area contributed by atoms with Crippen molar-refractivity contribution < 1.29 is 14.0 Å². The first-order valence-corrected chi connectivity index (χ1v) is 8.37. The molecule has 0 spiro atoms. The minimum absolute atomic E-state index is 0.00151. The first kappa shape index (κ1) is 17.1. The van der Waals surface area contributed by atoms with E-state index in [9.17, 15) is 14.0 Å². The highest BCUT2D eigenvalue weighted by molar-refractivity contribution is 5.89. The molecule has 1 fully saturated rings. The van der Waals surface area contributed by atoms with E-state index in [0.29, 0.717) is 25.2 Å². The number of nitrogens with zero attached hydrogens (tertiary/aromatic N) is 1. The van der Waals surface area contributed by atoms with E-state index in [4.69, 9.17) is 0 Å². The van der Waals surface area contributed by atoms with Gasteiger partial charge in [-0.3, -0.25) is 9.59 Å². The fourth-order valence-corrected chi connectivity index (χ4v) is 3.05. The summed E-state index contributed by atoms with van der Waals surface area (Å²) < 4.78 is 13.3. The Morgan fingerprint density at radius 3 is 2.68 bits per heavy atom. The van der Waals surface area contributed by atoms with E-state index in [1.165, 1.54) is 6.07 Å². The van der Waals surface area contributed by atoms with Crippen LogP contribution in [0.5, 0.6) is 0 Å². The third-order valence-electron chi connectivity index (χ3n) is 4.49. The Kier molecular flexibility index (Phi) is 5.12. The zero-order valence-corrected chi connectivity index (χ0v) is 14.2. The maximum Gasteiger partial charge on any atom is 0.225 e. The van der Waals surface area contributed by atoms with E-state index in [1.54, 1.807) is 24.0 Å². The summed E-state index contributed by atoms with van der Waals surface area (Å²) in [4.78, 5) is 26.2. The Balaban J connectivity index is 1.54. The summed E-state index contributed by atoms with van der Waals surface area (Å²) in [5, 5.41) is 2.85. The minimum atomic E-state index is -0.335. The fourth-order valence-electron chi connectivity index (χ4n) is 3.05. The number of nitrogens with one attached hydrogen (secondary N) is 1. The van der Waals surface area contributed by atoms with E-state index in [1.807, 2.05) is 30.3 Å². The number of likely N-dealkylation sites (tertiary alicyclic amines) is 1. The predicted molar refractivity (Wildman–Crippen MR) is 92.9 cm³/mol. The number of carbonyl (C=O) groups is 2. The van der Waals surface area contributed by atoms with Gasteiger partial charge in [-0.2, -0.15) is 0 Å². The quantitative estimate of drug-likeness (QED) is 0.910. The molecule has 1 aliphatic heterocycles. The van der Waals surface area contributed by atoms with Crippen molar-refractivity contribution in [2.24, 2.45) is 5.92 Å². The number of aryl methyl sites for hydroxylation is 1. The van der Waals surface area contributed by atoms with Crippen LogP contribution in [0.25, 0.3) is 0 Å². The molecule has 25 heavy (non-hydrogen) atoms. The average molecular weight is 340 g/mol. The highest BCUT2D eigenvalue weighted by Crippen LogP contribution is 2.20. The SMILES string of the molecule is Cc1cc(CNC(=O)[C@H]2CC(=O)N(Cc3ccccc3)C2)ccc1F. The van der Waals surface area contributed by atoms with Crippen LogP contribution in [0.15, 0.2) is 48.5 Å². The standard InChI is InChI=1S/C20H21FN2O2/c1-14-9-16(7-8-18(14)21)11-22-20(25)17-10-19(24)23(13-17)12-15-5-3-2-4-6-15/h2-9,17H,10-13H2,1H3,(H,22,25)/t17-/m0/s1. The van der Waals surface area contributed by atoms with E-state index in [0.717, 1.165) is 11.1 Å². The number of amides is 2. The molecule has 0 radical (unpaired) electrons. The zero-order chi connectivity index (χ0) is 17.8. The lowest BCUT2D eigenvalue weighted by molar-refractivity contribution is -0.129. The van der Waals surface area contributed by atoms with Gasteiger partial charge in [-0.05, 0) is 29.7 Å². The van der Waals surface area contributed by atoms with Gasteiger partial charge in [-0.1, -0.05) is 42.5 Å². The first-order valence-electron chi connectivity index (χ1n) is 8.37. The molecule has 2 amide bonds. The molecule has 0 saturated carbocycles. The lowest BCUT2D eigenvalue weighted by Crippen LogP contribution is -2.32. The largest absolute Gasteiger partial charge is 0.352 e. The highest BCUT2D eigenvalue weighted by Gasteiger charge is 2.34. The topological polar surface area (TPSA) is 49.4 Å². The van der Waals surface area contributed by atoms with Crippen molar-refractivity contribution in [3.63, 3.8) is 0 Å². The average Bonchev–Trinajstić information content (AvgIpc) is 2.97. The molecule has 4 nitrogen and oxygen atoms in total. The molecule has 2 aromatic rings. The normalized spacial score (nSPS) is 17.0. The second kappa shape index (κ2) is 7.47.